The Bertz CT molecular complexity index is 624. The molecule has 0 radical (unpaired) electrons. The summed E-state index contributed by atoms with van der Waals surface area (Å²) >= 11 is 10.6. The molecule has 1 aliphatic rings. The Morgan fingerprint density at radius 3 is 2.76 bits per heavy atom. The van der Waals surface area contributed by atoms with E-state index in [9.17, 15) is 0 Å². The fourth-order valence-corrected chi connectivity index (χ4v) is 3.42. The summed E-state index contributed by atoms with van der Waals surface area (Å²) in [5, 5.41) is 1.75. The predicted molar refractivity (Wildman–Crippen MR) is 70.2 cm³/mol. The summed E-state index contributed by atoms with van der Waals surface area (Å²) in [4.78, 5) is 9.05. The van der Waals surface area contributed by atoms with E-state index in [0.29, 0.717) is 0 Å². The fraction of sp³-hybridized carbons (Fsp3) is 0.182. The molecule has 3 nitrogen and oxygen atoms in total. The van der Waals surface area contributed by atoms with Gasteiger partial charge < -0.3 is 0 Å². The molecule has 0 spiro atoms. The van der Waals surface area contributed by atoms with Gasteiger partial charge in [-0.3, -0.25) is 0 Å². The van der Waals surface area contributed by atoms with Crippen molar-refractivity contribution >= 4 is 38.9 Å². The predicted octanol–water partition coefficient (Wildman–Crippen LogP) is 2.40. The summed E-state index contributed by atoms with van der Waals surface area (Å²) in [5.41, 5.74) is 0.988. The number of benzene rings is 1. The second-order valence-electron chi connectivity index (χ2n) is 3.62. The van der Waals surface area contributed by atoms with Crippen molar-refractivity contribution in [1.29, 1.82) is 0 Å². The first-order valence-corrected chi connectivity index (χ1v) is 7.34. The second-order valence-corrected chi connectivity index (χ2v) is 5.88. The molecule has 0 saturated carbocycles. The number of hydrogen-bond donors (Lipinski definition) is 0. The van der Waals surface area contributed by atoms with Crippen LogP contribution in [0.3, 0.4) is 0 Å². The van der Waals surface area contributed by atoms with E-state index in [1.165, 1.54) is 0 Å². The molecule has 0 amide bonds. The Hall–Kier alpha value is -0.611. The van der Waals surface area contributed by atoms with Crippen LogP contribution in [0.4, 0.5) is 0 Å². The van der Waals surface area contributed by atoms with Gasteiger partial charge in [-0.25, -0.2) is 0 Å². The topological polar surface area (TPSA) is 30.7 Å². The van der Waals surface area contributed by atoms with Gasteiger partial charge in [0.2, 0.25) is 0 Å². The van der Waals surface area contributed by atoms with E-state index in [-0.39, 0.29) is 0 Å². The van der Waals surface area contributed by atoms with Gasteiger partial charge in [0.05, 0.1) is 0 Å². The normalized spacial score (nSPS) is 13.7. The van der Waals surface area contributed by atoms with Crippen LogP contribution < -0.4 is 0 Å². The molecule has 0 atom stereocenters. The van der Waals surface area contributed by atoms with Crippen LogP contribution in [0.5, 0.6) is 0 Å². The van der Waals surface area contributed by atoms with Gasteiger partial charge in [0.25, 0.3) is 0 Å². The van der Waals surface area contributed by atoms with Crippen LogP contribution in [0.2, 0.25) is 5.02 Å². The Balaban J connectivity index is 2.13. The van der Waals surface area contributed by atoms with Crippen LogP contribution >= 0.6 is 23.4 Å². The molecule has 2 aromatic rings. The molecule has 2 heterocycles. The third kappa shape index (κ3) is 2.20. The zero-order valence-electron chi connectivity index (χ0n) is 8.76. The molecule has 0 aliphatic carbocycles. The summed E-state index contributed by atoms with van der Waals surface area (Å²) < 4.78 is 2.99. The number of nitrogens with zero attached hydrogens (tertiary/aromatic N) is 3. The number of rotatable bonds is 1. The summed E-state index contributed by atoms with van der Waals surface area (Å²) in [5.74, 6) is 1.81. The van der Waals surface area contributed by atoms with Crippen molar-refractivity contribution in [3.63, 3.8) is 0 Å². The first-order valence-electron chi connectivity index (χ1n) is 5.12. The number of fused-ring (bicyclic) bond motifs is 1. The molecule has 0 fully saturated rings. The van der Waals surface area contributed by atoms with E-state index in [1.807, 2.05) is 24.3 Å². The van der Waals surface area contributed by atoms with Gasteiger partial charge >= 0.3 is 116 Å². The van der Waals surface area contributed by atoms with Gasteiger partial charge in [0, 0.05) is 0 Å². The number of hydrogen-bond acceptors (Lipinski definition) is 3. The van der Waals surface area contributed by atoms with Crippen LogP contribution in [0.1, 0.15) is 0 Å². The van der Waals surface area contributed by atoms with Crippen LogP contribution in [0.25, 0.3) is 11.4 Å². The number of thioether (sulfide) groups is 1. The van der Waals surface area contributed by atoms with E-state index >= 15 is 0 Å². The molecule has 0 saturated heterocycles. The fourth-order valence-electron chi connectivity index (χ4n) is 1.67. The van der Waals surface area contributed by atoms with E-state index in [1.54, 1.807) is 11.8 Å². The van der Waals surface area contributed by atoms with Crippen molar-refractivity contribution in [2.45, 2.75) is 11.7 Å². The van der Waals surface area contributed by atoms with Gasteiger partial charge in [-0.15, -0.1) is 0 Å². The minimum absolute atomic E-state index is 0.724. The quantitative estimate of drug-likeness (QED) is 0.753. The minimum atomic E-state index is 0.724. The molecule has 1 aromatic heterocycles. The molecule has 1 aliphatic heterocycles. The molecule has 86 valence electrons. The molecule has 0 unspecified atom stereocenters. The average Bonchev–Trinajstić information content (AvgIpc) is 2.78. The summed E-state index contributed by atoms with van der Waals surface area (Å²) in [6, 6.07) is 7.58. The number of halogens is 1. The Kier molecular flexibility index (Phi) is 3.09. The molecule has 0 N–H and O–H groups in total. The zero-order chi connectivity index (χ0) is 11.8. The second kappa shape index (κ2) is 4.58. The van der Waals surface area contributed by atoms with Gasteiger partial charge in [0.15, 0.2) is 0 Å². The third-order valence-corrected chi connectivity index (χ3v) is 4.38. The first kappa shape index (κ1) is 11.5. The number of aromatic nitrogens is 3. The van der Waals surface area contributed by atoms with E-state index in [0.717, 1.165) is 38.2 Å². The molecule has 3 rings (SSSR count). The van der Waals surface area contributed by atoms with Gasteiger partial charge in [-0.05, 0) is 0 Å². The summed E-state index contributed by atoms with van der Waals surface area (Å²) in [6.45, 7) is 0.975. The van der Waals surface area contributed by atoms with E-state index in [2.05, 4.69) is 30.1 Å². The Morgan fingerprint density at radius 2 is 2.00 bits per heavy atom. The van der Waals surface area contributed by atoms with Crippen molar-refractivity contribution in [2.24, 2.45) is 0 Å². The van der Waals surface area contributed by atoms with Crippen LogP contribution in [0.15, 0.2) is 29.4 Å². The maximum atomic E-state index is 5.87. The molecule has 0 bridgehead atoms. The van der Waals surface area contributed by atoms with Crippen LogP contribution in [0, 0.1) is 4.32 Å². The Labute approximate surface area is 116 Å². The van der Waals surface area contributed by atoms with Gasteiger partial charge in [0.1, 0.15) is 0 Å². The Morgan fingerprint density at radius 1 is 1.24 bits per heavy atom. The SMILES string of the molecule is Clc1ccc(-c2nc3n(c(=[Se])n2)CCS3)cc1. The molecule has 6 heteroatoms. The van der Waals surface area contributed by atoms with Crippen molar-refractivity contribution in [2.75, 3.05) is 5.75 Å². The van der Waals surface area contributed by atoms with Crippen molar-refractivity contribution in [3.05, 3.63) is 33.6 Å². The van der Waals surface area contributed by atoms with Crippen LogP contribution in [-0.2, 0) is 6.54 Å². The third-order valence-electron chi connectivity index (χ3n) is 2.51. The molecular weight excluding hydrogens is 321 g/mol. The summed E-state index contributed by atoms with van der Waals surface area (Å²) in [6.07, 6.45) is 0. The monoisotopic (exact) mass is 329 g/mol. The molecule has 17 heavy (non-hydrogen) atoms. The van der Waals surface area contributed by atoms with Crippen molar-refractivity contribution in [3.8, 4) is 11.4 Å². The van der Waals surface area contributed by atoms with Gasteiger partial charge in [-0.2, -0.15) is 0 Å². The molecule has 1 aromatic carbocycles. The maximum absolute atomic E-state index is 5.87. The zero-order valence-corrected chi connectivity index (χ0v) is 12.0. The summed E-state index contributed by atoms with van der Waals surface area (Å²) in [7, 11) is 0. The van der Waals surface area contributed by atoms with Crippen LogP contribution in [-0.4, -0.2) is 35.9 Å². The average molecular weight is 329 g/mol. The van der Waals surface area contributed by atoms with E-state index < -0.39 is 0 Å². The standard InChI is InChI=1S/C11H8ClN3SSe/c12-8-3-1-7(2-4-8)9-13-10-15(5-6-16-10)11(17)14-9/h1-4H,5-6H2. The van der Waals surface area contributed by atoms with Crippen molar-refractivity contribution in [1.82, 2.24) is 14.5 Å². The van der Waals surface area contributed by atoms with Crippen molar-refractivity contribution < 1.29 is 0 Å². The first-order chi connectivity index (χ1) is 8.24. The molecular formula is C11H8ClN3SSe. The van der Waals surface area contributed by atoms with E-state index in [4.69, 9.17) is 11.6 Å². The van der Waals surface area contributed by atoms with Gasteiger partial charge in [-0.1, -0.05) is 0 Å².